The standard InChI is InChI=1S/C28H30N2O6S2/c1-34-21-13-12-17(14-22(21)35-2)26(32)29-18-8-7-9-19(15-18)37-16-24(31)30-27-25(28(33)36-3)20-10-5-4-6-11-23(20)38-27/h7-9,12-15H,4-6,10-11,16H2,1-3H3,(H,29,32)(H,30,31). The van der Waals surface area contributed by atoms with Crippen molar-refractivity contribution >= 4 is 51.6 Å². The van der Waals surface area contributed by atoms with Crippen LogP contribution in [0.4, 0.5) is 10.7 Å². The van der Waals surface area contributed by atoms with Crippen LogP contribution in [0, 0.1) is 0 Å². The lowest BCUT2D eigenvalue weighted by molar-refractivity contribution is -0.113. The maximum Gasteiger partial charge on any atom is 0.341 e. The zero-order valence-corrected chi connectivity index (χ0v) is 23.2. The number of nitrogens with one attached hydrogen (secondary N) is 2. The monoisotopic (exact) mass is 554 g/mol. The fourth-order valence-corrected chi connectivity index (χ4v) is 6.35. The number of methoxy groups -OCH3 is 3. The van der Waals surface area contributed by atoms with Gasteiger partial charge in [-0.1, -0.05) is 12.5 Å². The number of carbonyl (C=O) groups excluding carboxylic acids is 3. The fraction of sp³-hybridized carbons (Fsp3) is 0.321. The van der Waals surface area contributed by atoms with Gasteiger partial charge in [-0.25, -0.2) is 4.79 Å². The number of thioether (sulfide) groups is 1. The van der Waals surface area contributed by atoms with Gasteiger partial charge in [-0.05, 0) is 67.6 Å². The van der Waals surface area contributed by atoms with E-state index < -0.39 is 5.97 Å². The van der Waals surface area contributed by atoms with Gasteiger partial charge in [-0.3, -0.25) is 9.59 Å². The SMILES string of the molecule is COC(=O)c1c(NC(=O)CSc2cccc(NC(=O)c3ccc(OC)c(OC)c3)c2)sc2c1CCCCC2. The van der Waals surface area contributed by atoms with Gasteiger partial charge in [0.2, 0.25) is 5.91 Å². The molecule has 200 valence electrons. The second-order valence-corrected chi connectivity index (χ2v) is 10.8. The first kappa shape index (κ1) is 27.5. The molecule has 0 unspecified atom stereocenters. The largest absolute Gasteiger partial charge is 0.493 e. The number of thiophene rings is 1. The molecule has 0 aliphatic heterocycles. The Labute approximate surface area is 230 Å². The summed E-state index contributed by atoms with van der Waals surface area (Å²) in [5.74, 6) is 0.238. The van der Waals surface area contributed by atoms with E-state index in [0.717, 1.165) is 47.4 Å². The minimum absolute atomic E-state index is 0.149. The summed E-state index contributed by atoms with van der Waals surface area (Å²) in [4.78, 5) is 40.1. The van der Waals surface area contributed by atoms with Crippen LogP contribution in [0.2, 0.25) is 0 Å². The molecule has 1 aliphatic carbocycles. The number of hydrogen-bond acceptors (Lipinski definition) is 8. The number of ether oxygens (including phenoxy) is 3. The number of carbonyl (C=O) groups is 3. The molecule has 0 fully saturated rings. The number of esters is 1. The summed E-state index contributed by atoms with van der Waals surface area (Å²) in [6, 6.07) is 12.2. The third-order valence-corrected chi connectivity index (χ3v) is 8.37. The molecule has 0 saturated carbocycles. The third-order valence-electron chi connectivity index (χ3n) is 6.17. The molecule has 2 N–H and O–H groups in total. The summed E-state index contributed by atoms with van der Waals surface area (Å²) in [6.45, 7) is 0. The summed E-state index contributed by atoms with van der Waals surface area (Å²) in [5, 5.41) is 6.36. The molecule has 2 amide bonds. The Hall–Kier alpha value is -3.50. The smallest absolute Gasteiger partial charge is 0.341 e. The average Bonchev–Trinajstić information content (AvgIpc) is 3.10. The van der Waals surface area contributed by atoms with E-state index in [2.05, 4.69) is 10.6 Å². The van der Waals surface area contributed by atoms with Crippen LogP contribution < -0.4 is 20.1 Å². The molecule has 4 rings (SSSR count). The summed E-state index contributed by atoms with van der Waals surface area (Å²) in [6.07, 6.45) is 4.97. The molecule has 10 heteroatoms. The van der Waals surface area contributed by atoms with Crippen molar-refractivity contribution in [2.75, 3.05) is 37.7 Å². The van der Waals surface area contributed by atoms with E-state index in [1.54, 1.807) is 24.3 Å². The molecular weight excluding hydrogens is 524 g/mol. The number of aryl methyl sites for hydroxylation is 1. The van der Waals surface area contributed by atoms with Gasteiger partial charge < -0.3 is 24.8 Å². The van der Waals surface area contributed by atoms with Gasteiger partial charge in [-0.15, -0.1) is 23.1 Å². The van der Waals surface area contributed by atoms with Crippen molar-refractivity contribution in [2.45, 2.75) is 37.0 Å². The Morgan fingerprint density at radius 3 is 2.47 bits per heavy atom. The van der Waals surface area contributed by atoms with Gasteiger partial charge in [-0.2, -0.15) is 0 Å². The maximum absolute atomic E-state index is 12.8. The Kier molecular flexibility index (Phi) is 9.30. The average molecular weight is 555 g/mol. The molecular formula is C28H30N2O6S2. The van der Waals surface area contributed by atoms with Crippen molar-refractivity contribution in [2.24, 2.45) is 0 Å². The predicted molar refractivity (Wildman–Crippen MR) is 150 cm³/mol. The molecule has 0 saturated heterocycles. The molecule has 0 radical (unpaired) electrons. The van der Waals surface area contributed by atoms with Crippen LogP contribution in [0.1, 0.15) is 50.4 Å². The highest BCUT2D eigenvalue weighted by Crippen LogP contribution is 2.38. The number of hydrogen-bond donors (Lipinski definition) is 2. The molecule has 3 aromatic rings. The molecule has 1 aromatic heterocycles. The lowest BCUT2D eigenvalue weighted by Gasteiger charge is -2.11. The van der Waals surface area contributed by atoms with Crippen LogP contribution in [-0.2, 0) is 22.4 Å². The molecule has 8 nitrogen and oxygen atoms in total. The molecule has 0 bridgehead atoms. The molecule has 2 aromatic carbocycles. The van der Waals surface area contributed by atoms with Crippen molar-refractivity contribution < 1.29 is 28.6 Å². The van der Waals surface area contributed by atoms with Gasteiger partial charge in [0, 0.05) is 21.0 Å². The van der Waals surface area contributed by atoms with Gasteiger partial charge in [0.1, 0.15) is 5.00 Å². The van der Waals surface area contributed by atoms with Crippen LogP contribution in [-0.4, -0.2) is 44.9 Å². The van der Waals surface area contributed by atoms with E-state index in [9.17, 15) is 14.4 Å². The van der Waals surface area contributed by atoms with Crippen molar-refractivity contribution in [3.63, 3.8) is 0 Å². The minimum Gasteiger partial charge on any atom is -0.493 e. The van der Waals surface area contributed by atoms with Crippen LogP contribution in [0.3, 0.4) is 0 Å². The zero-order valence-electron chi connectivity index (χ0n) is 21.6. The summed E-state index contributed by atoms with van der Waals surface area (Å²) < 4.78 is 15.5. The lowest BCUT2D eigenvalue weighted by Crippen LogP contribution is -2.16. The van der Waals surface area contributed by atoms with Crippen molar-refractivity contribution in [3.8, 4) is 11.5 Å². The van der Waals surface area contributed by atoms with E-state index in [4.69, 9.17) is 14.2 Å². The third kappa shape index (κ3) is 6.49. The van der Waals surface area contributed by atoms with Crippen molar-refractivity contribution in [1.29, 1.82) is 0 Å². The molecule has 1 heterocycles. The fourth-order valence-electron chi connectivity index (χ4n) is 4.30. The Balaban J connectivity index is 1.39. The van der Waals surface area contributed by atoms with Crippen molar-refractivity contribution in [1.82, 2.24) is 0 Å². The minimum atomic E-state index is -0.412. The van der Waals surface area contributed by atoms with Crippen LogP contribution >= 0.6 is 23.1 Å². The van der Waals surface area contributed by atoms with Crippen molar-refractivity contribution in [3.05, 3.63) is 64.0 Å². The molecule has 0 spiro atoms. The first-order chi connectivity index (χ1) is 18.4. The van der Waals surface area contributed by atoms with Gasteiger partial charge >= 0.3 is 5.97 Å². The Morgan fingerprint density at radius 2 is 1.71 bits per heavy atom. The highest BCUT2D eigenvalue weighted by molar-refractivity contribution is 8.00. The number of anilines is 2. The zero-order chi connectivity index (χ0) is 27.1. The van der Waals surface area contributed by atoms with Crippen LogP contribution in [0.5, 0.6) is 11.5 Å². The predicted octanol–water partition coefficient (Wildman–Crippen LogP) is 5.80. The lowest BCUT2D eigenvalue weighted by atomic mass is 10.1. The number of fused-ring (bicyclic) bond motifs is 1. The Morgan fingerprint density at radius 1 is 0.921 bits per heavy atom. The van der Waals surface area contributed by atoms with E-state index in [1.807, 2.05) is 18.2 Å². The molecule has 0 atom stereocenters. The number of rotatable bonds is 9. The van der Waals surface area contributed by atoms with Crippen LogP contribution in [0.25, 0.3) is 0 Å². The first-order valence-corrected chi connectivity index (χ1v) is 14.0. The van der Waals surface area contributed by atoms with Crippen LogP contribution in [0.15, 0.2) is 47.4 Å². The summed E-state index contributed by atoms with van der Waals surface area (Å²) >= 11 is 2.82. The summed E-state index contributed by atoms with van der Waals surface area (Å²) in [5.41, 5.74) is 2.54. The normalized spacial score (nSPS) is 12.6. The van der Waals surface area contributed by atoms with E-state index in [1.165, 1.54) is 44.4 Å². The Bertz CT molecular complexity index is 1340. The van der Waals surface area contributed by atoms with E-state index in [0.29, 0.717) is 33.3 Å². The number of benzene rings is 2. The first-order valence-electron chi connectivity index (χ1n) is 12.2. The highest BCUT2D eigenvalue weighted by Gasteiger charge is 2.26. The summed E-state index contributed by atoms with van der Waals surface area (Å²) in [7, 11) is 4.41. The highest BCUT2D eigenvalue weighted by atomic mass is 32.2. The quantitative estimate of drug-likeness (QED) is 0.196. The molecule has 1 aliphatic rings. The van der Waals surface area contributed by atoms with Gasteiger partial charge in [0.25, 0.3) is 5.91 Å². The van der Waals surface area contributed by atoms with Gasteiger partial charge in [0.05, 0.1) is 32.6 Å². The van der Waals surface area contributed by atoms with E-state index in [-0.39, 0.29) is 17.6 Å². The number of amides is 2. The topological polar surface area (TPSA) is 103 Å². The molecule has 38 heavy (non-hydrogen) atoms. The second-order valence-electron chi connectivity index (χ2n) is 8.65. The van der Waals surface area contributed by atoms with Gasteiger partial charge in [0.15, 0.2) is 11.5 Å². The second kappa shape index (κ2) is 12.8. The maximum atomic E-state index is 12.8. The van der Waals surface area contributed by atoms with E-state index >= 15 is 0 Å².